The van der Waals surface area contributed by atoms with Gasteiger partial charge < -0.3 is 19.4 Å². The van der Waals surface area contributed by atoms with Crippen LogP contribution in [0.1, 0.15) is 25.8 Å². The van der Waals surface area contributed by atoms with Crippen molar-refractivity contribution < 1.29 is 14.3 Å². The van der Waals surface area contributed by atoms with E-state index >= 15 is 0 Å². The third-order valence-electron chi connectivity index (χ3n) is 5.10. The number of carbonyl (C=O) groups is 1. The van der Waals surface area contributed by atoms with Gasteiger partial charge in [0.25, 0.3) is 5.56 Å². The average molecular weight is 458 g/mol. The van der Waals surface area contributed by atoms with Crippen molar-refractivity contribution >= 4 is 17.1 Å². The van der Waals surface area contributed by atoms with E-state index in [0.717, 1.165) is 10.1 Å². The van der Waals surface area contributed by atoms with Crippen LogP contribution >= 0.6 is 0 Å². The van der Waals surface area contributed by atoms with Crippen molar-refractivity contribution in [1.29, 1.82) is 0 Å². The first-order chi connectivity index (χ1) is 15.9. The summed E-state index contributed by atoms with van der Waals surface area (Å²) in [4.78, 5) is 43.4. The highest BCUT2D eigenvalue weighted by Crippen LogP contribution is 2.10. The average Bonchev–Trinajstić information content (AvgIpc) is 3.22. The predicted octanol–water partition coefficient (Wildman–Crippen LogP) is 0.986. The number of fused-ring (bicyclic) bond motifs is 1. The number of benzene rings is 1. The number of carbonyl (C=O) groups excluding carboxylic acids is 1. The molecule has 0 spiro atoms. The third kappa shape index (κ3) is 6.17. The number of ether oxygens (including phenoxy) is 2. The number of methoxy groups -OCH3 is 1. The van der Waals surface area contributed by atoms with Crippen LogP contribution in [-0.2, 0) is 33.9 Å². The molecule has 0 atom stereocenters. The lowest BCUT2D eigenvalue weighted by atomic mass is 10.2. The van der Waals surface area contributed by atoms with Crippen LogP contribution in [-0.4, -0.2) is 57.6 Å². The van der Waals surface area contributed by atoms with Gasteiger partial charge in [-0.3, -0.25) is 14.2 Å². The summed E-state index contributed by atoms with van der Waals surface area (Å²) in [5, 5.41) is 2.75. The molecule has 2 aromatic heterocycles. The number of hydrogen-bond donors (Lipinski definition) is 1. The SMILES string of the molecule is COCCn1cnc2c1c(=O)n(CC(=O)NCCCOC(C)C)c(=O)n2Cc1ccccc1. The summed E-state index contributed by atoms with van der Waals surface area (Å²) in [6, 6.07) is 9.42. The van der Waals surface area contributed by atoms with Crippen LogP contribution in [0.5, 0.6) is 0 Å². The van der Waals surface area contributed by atoms with Crippen molar-refractivity contribution in [2.24, 2.45) is 0 Å². The van der Waals surface area contributed by atoms with Crippen molar-refractivity contribution in [1.82, 2.24) is 24.0 Å². The maximum atomic E-state index is 13.3. The third-order valence-corrected chi connectivity index (χ3v) is 5.10. The Labute approximate surface area is 191 Å². The quantitative estimate of drug-likeness (QED) is 0.406. The minimum Gasteiger partial charge on any atom is -0.383 e. The fraction of sp³-hybridized carbons (Fsp3) is 0.478. The molecule has 1 N–H and O–H groups in total. The highest BCUT2D eigenvalue weighted by Gasteiger charge is 2.19. The molecule has 3 rings (SSSR count). The predicted molar refractivity (Wildman–Crippen MR) is 124 cm³/mol. The van der Waals surface area contributed by atoms with Crippen molar-refractivity contribution in [3.8, 4) is 0 Å². The number of amides is 1. The fourth-order valence-corrected chi connectivity index (χ4v) is 3.46. The molecule has 0 aliphatic carbocycles. The summed E-state index contributed by atoms with van der Waals surface area (Å²) < 4.78 is 14.6. The van der Waals surface area contributed by atoms with Crippen LogP contribution in [0.4, 0.5) is 0 Å². The van der Waals surface area contributed by atoms with E-state index in [0.29, 0.717) is 32.7 Å². The molecule has 2 heterocycles. The molecular formula is C23H31N5O5. The molecule has 1 amide bonds. The lowest BCUT2D eigenvalue weighted by Gasteiger charge is -2.13. The van der Waals surface area contributed by atoms with E-state index in [1.807, 2.05) is 44.2 Å². The Morgan fingerprint density at radius 1 is 1.12 bits per heavy atom. The summed E-state index contributed by atoms with van der Waals surface area (Å²) in [6.07, 6.45) is 2.28. The second-order valence-corrected chi connectivity index (χ2v) is 7.97. The second kappa shape index (κ2) is 11.6. The first kappa shape index (κ1) is 24.4. The van der Waals surface area contributed by atoms with Gasteiger partial charge in [0.15, 0.2) is 11.2 Å². The van der Waals surface area contributed by atoms with Crippen molar-refractivity contribution in [2.75, 3.05) is 26.9 Å². The first-order valence-electron chi connectivity index (χ1n) is 11.0. The van der Waals surface area contributed by atoms with Gasteiger partial charge in [0, 0.05) is 26.8 Å². The zero-order valence-corrected chi connectivity index (χ0v) is 19.3. The summed E-state index contributed by atoms with van der Waals surface area (Å²) in [5.74, 6) is -0.410. The zero-order chi connectivity index (χ0) is 23.8. The van der Waals surface area contributed by atoms with E-state index in [9.17, 15) is 14.4 Å². The standard InChI is InChI=1S/C23H31N5O5/c1-17(2)33-12-7-10-24-19(29)15-28-22(30)20-21(25-16-26(20)11-13-32-3)27(23(28)31)14-18-8-5-4-6-9-18/h4-6,8-9,16-17H,7,10-15H2,1-3H3,(H,24,29). The number of nitrogens with zero attached hydrogens (tertiary/aromatic N) is 4. The normalized spacial score (nSPS) is 11.4. The van der Waals surface area contributed by atoms with Crippen LogP contribution in [0.25, 0.3) is 11.2 Å². The van der Waals surface area contributed by atoms with Gasteiger partial charge in [-0.15, -0.1) is 0 Å². The number of imidazole rings is 1. The molecule has 0 aliphatic heterocycles. The Kier molecular flexibility index (Phi) is 8.56. The van der Waals surface area contributed by atoms with Crippen LogP contribution in [0.3, 0.4) is 0 Å². The van der Waals surface area contributed by atoms with Crippen LogP contribution in [0.2, 0.25) is 0 Å². The summed E-state index contributed by atoms with van der Waals surface area (Å²) >= 11 is 0. The van der Waals surface area contributed by atoms with Gasteiger partial charge in [0.2, 0.25) is 5.91 Å². The van der Waals surface area contributed by atoms with Crippen LogP contribution in [0, 0.1) is 0 Å². The smallest absolute Gasteiger partial charge is 0.333 e. The molecule has 3 aromatic rings. The maximum absolute atomic E-state index is 13.3. The lowest BCUT2D eigenvalue weighted by molar-refractivity contribution is -0.121. The minimum atomic E-state index is -0.577. The second-order valence-electron chi connectivity index (χ2n) is 7.97. The molecule has 1 aromatic carbocycles. The molecule has 10 nitrogen and oxygen atoms in total. The van der Waals surface area contributed by atoms with E-state index in [1.54, 1.807) is 11.7 Å². The topological polar surface area (TPSA) is 109 Å². The molecule has 33 heavy (non-hydrogen) atoms. The minimum absolute atomic E-state index is 0.122. The molecule has 0 saturated heterocycles. The Balaban J connectivity index is 1.92. The van der Waals surface area contributed by atoms with E-state index in [2.05, 4.69) is 10.3 Å². The van der Waals surface area contributed by atoms with Crippen LogP contribution < -0.4 is 16.6 Å². The number of hydrogen-bond acceptors (Lipinski definition) is 6. The van der Waals surface area contributed by atoms with Gasteiger partial charge in [0.1, 0.15) is 6.54 Å². The Morgan fingerprint density at radius 3 is 2.58 bits per heavy atom. The monoisotopic (exact) mass is 457 g/mol. The van der Waals surface area contributed by atoms with E-state index in [4.69, 9.17) is 9.47 Å². The maximum Gasteiger partial charge on any atom is 0.333 e. The summed E-state index contributed by atoms with van der Waals surface area (Å²) in [5.41, 5.74) is 0.304. The number of nitrogens with one attached hydrogen (secondary N) is 1. The van der Waals surface area contributed by atoms with Gasteiger partial charge in [-0.05, 0) is 25.8 Å². The van der Waals surface area contributed by atoms with Gasteiger partial charge in [-0.25, -0.2) is 14.3 Å². The molecule has 0 bridgehead atoms. The molecule has 0 aliphatic rings. The van der Waals surface area contributed by atoms with Gasteiger partial charge >= 0.3 is 5.69 Å². The van der Waals surface area contributed by atoms with Gasteiger partial charge in [-0.1, -0.05) is 30.3 Å². The molecule has 10 heteroatoms. The fourth-order valence-electron chi connectivity index (χ4n) is 3.46. The van der Waals surface area contributed by atoms with Crippen molar-refractivity contribution in [3.05, 3.63) is 63.1 Å². The molecule has 0 saturated carbocycles. The molecule has 0 radical (unpaired) electrons. The number of rotatable bonds is 12. The van der Waals surface area contributed by atoms with Crippen LogP contribution in [0.15, 0.2) is 46.2 Å². The Hall–Kier alpha value is -3.24. The lowest BCUT2D eigenvalue weighted by Crippen LogP contribution is -2.44. The zero-order valence-electron chi connectivity index (χ0n) is 19.3. The summed E-state index contributed by atoms with van der Waals surface area (Å²) in [6.45, 7) is 5.43. The highest BCUT2D eigenvalue weighted by atomic mass is 16.5. The molecule has 178 valence electrons. The molecule has 0 unspecified atom stereocenters. The first-order valence-corrected chi connectivity index (χ1v) is 11.0. The van der Waals surface area contributed by atoms with E-state index in [1.165, 1.54) is 10.9 Å². The Bertz CT molecular complexity index is 1180. The molecule has 0 fully saturated rings. The summed E-state index contributed by atoms with van der Waals surface area (Å²) in [7, 11) is 1.57. The highest BCUT2D eigenvalue weighted by molar-refractivity contribution is 5.76. The van der Waals surface area contributed by atoms with E-state index < -0.39 is 17.2 Å². The Morgan fingerprint density at radius 2 is 1.88 bits per heavy atom. The largest absolute Gasteiger partial charge is 0.383 e. The number of aromatic nitrogens is 4. The van der Waals surface area contributed by atoms with Crippen molar-refractivity contribution in [2.45, 2.75) is 46.0 Å². The van der Waals surface area contributed by atoms with Crippen molar-refractivity contribution in [3.63, 3.8) is 0 Å². The van der Waals surface area contributed by atoms with E-state index in [-0.39, 0.29) is 30.4 Å². The van der Waals surface area contributed by atoms with Gasteiger partial charge in [-0.2, -0.15) is 0 Å². The molecular weight excluding hydrogens is 426 g/mol. The van der Waals surface area contributed by atoms with Gasteiger partial charge in [0.05, 0.1) is 25.6 Å².